The maximum absolute atomic E-state index is 11.2. The molecule has 6 nitrogen and oxygen atoms in total. The van der Waals surface area contributed by atoms with E-state index in [-0.39, 0.29) is 5.91 Å². The van der Waals surface area contributed by atoms with Gasteiger partial charge in [0.1, 0.15) is 5.52 Å². The zero-order valence-electron chi connectivity index (χ0n) is 9.90. The SMILES string of the molecule is CNC(=O)CCn1c(N)nc2c(C)ccnc21. The lowest BCUT2D eigenvalue weighted by atomic mass is 10.3. The molecule has 0 saturated carbocycles. The summed E-state index contributed by atoms with van der Waals surface area (Å²) in [6, 6.07) is 1.89. The fourth-order valence-electron chi connectivity index (χ4n) is 1.71. The minimum absolute atomic E-state index is 0.0288. The Labute approximate surface area is 98.8 Å². The molecule has 0 aliphatic rings. The highest BCUT2D eigenvalue weighted by Crippen LogP contribution is 2.18. The maximum Gasteiger partial charge on any atom is 0.221 e. The van der Waals surface area contributed by atoms with Gasteiger partial charge in [-0.05, 0) is 18.6 Å². The van der Waals surface area contributed by atoms with Gasteiger partial charge >= 0.3 is 0 Å². The van der Waals surface area contributed by atoms with Crippen molar-refractivity contribution >= 4 is 23.0 Å². The summed E-state index contributed by atoms with van der Waals surface area (Å²) in [5.74, 6) is 0.365. The minimum atomic E-state index is -0.0288. The number of fused-ring (bicyclic) bond motifs is 1. The second kappa shape index (κ2) is 4.40. The van der Waals surface area contributed by atoms with Gasteiger partial charge in [0, 0.05) is 26.2 Å². The molecule has 17 heavy (non-hydrogen) atoms. The van der Waals surface area contributed by atoms with E-state index in [9.17, 15) is 4.79 Å². The van der Waals surface area contributed by atoms with Crippen LogP contribution in [-0.2, 0) is 11.3 Å². The van der Waals surface area contributed by atoms with Crippen molar-refractivity contribution in [2.24, 2.45) is 0 Å². The van der Waals surface area contributed by atoms with Crippen LogP contribution in [0.4, 0.5) is 5.95 Å². The Morgan fingerprint density at radius 3 is 3.06 bits per heavy atom. The van der Waals surface area contributed by atoms with Gasteiger partial charge in [-0.1, -0.05) is 0 Å². The van der Waals surface area contributed by atoms with Gasteiger partial charge in [0.05, 0.1) is 0 Å². The van der Waals surface area contributed by atoms with Crippen LogP contribution in [0.5, 0.6) is 0 Å². The van der Waals surface area contributed by atoms with Crippen molar-refractivity contribution in [1.82, 2.24) is 19.9 Å². The number of anilines is 1. The zero-order valence-corrected chi connectivity index (χ0v) is 9.90. The number of amides is 1. The maximum atomic E-state index is 11.2. The predicted octanol–water partition coefficient (Wildman–Crippen LogP) is 0.458. The van der Waals surface area contributed by atoms with Crippen molar-refractivity contribution in [3.05, 3.63) is 17.8 Å². The number of nitrogens with one attached hydrogen (secondary N) is 1. The van der Waals surface area contributed by atoms with Gasteiger partial charge in [0.25, 0.3) is 0 Å². The summed E-state index contributed by atoms with van der Waals surface area (Å²) in [7, 11) is 1.61. The Bertz CT molecular complexity index is 560. The van der Waals surface area contributed by atoms with Crippen LogP contribution in [0.2, 0.25) is 0 Å². The number of carbonyl (C=O) groups excluding carboxylic acids is 1. The second-order valence-corrected chi connectivity index (χ2v) is 3.84. The molecule has 2 rings (SSSR count). The summed E-state index contributed by atoms with van der Waals surface area (Å²) in [4.78, 5) is 19.7. The number of nitrogens with two attached hydrogens (primary N) is 1. The fraction of sp³-hybridized carbons (Fsp3) is 0.364. The van der Waals surface area contributed by atoms with Crippen molar-refractivity contribution in [3.63, 3.8) is 0 Å². The van der Waals surface area contributed by atoms with Gasteiger partial charge in [-0.3, -0.25) is 9.36 Å². The number of aryl methyl sites for hydroxylation is 2. The first-order chi connectivity index (χ1) is 8.13. The fourth-order valence-corrected chi connectivity index (χ4v) is 1.71. The van der Waals surface area contributed by atoms with Crippen molar-refractivity contribution in [1.29, 1.82) is 0 Å². The average Bonchev–Trinajstić information content (AvgIpc) is 2.64. The summed E-state index contributed by atoms with van der Waals surface area (Å²) in [5, 5.41) is 2.57. The normalized spacial score (nSPS) is 10.7. The molecular weight excluding hydrogens is 218 g/mol. The van der Waals surface area contributed by atoms with E-state index >= 15 is 0 Å². The molecule has 1 amide bonds. The molecule has 3 N–H and O–H groups in total. The van der Waals surface area contributed by atoms with Gasteiger partial charge < -0.3 is 11.1 Å². The van der Waals surface area contributed by atoms with E-state index in [4.69, 9.17) is 5.73 Å². The first-order valence-electron chi connectivity index (χ1n) is 5.41. The lowest BCUT2D eigenvalue weighted by Gasteiger charge is -2.04. The van der Waals surface area contributed by atoms with E-state index in [0.717, 1.165) is 16.7 Å². The van der Waals surface area contributed by atoms with E-state index in [2.05, 4.69) is 15.3 Å². The van der Waals surface area contributed by atoms with Crippen LogP contribution in [0.3, 0.4) is 0 Å². The van der Waals surface area contributed by atoms with Gasteiger partial charge in [-0.2, -0.15) is 0 Å². The number of rotatable bonds is 3. The highest BCUT2D eigenvalue weighted by molar-refractivity contribution is 5.78. The quantitative estimate of drug-likeness (QED) is 0.806. The van der Waals surface area contributed by atoms with E-state index < -0.39 is 0 Å². The topological polar surface area (TPSA) is 85.8 Å². The van der Waals surface area contributed by atoms with Crippen molar-refractivity contribution < 1.29 is 4.79 Å². The molecule has 0 bridgehead atoms. The van der Waals surface area contributed by atoms with Crippen molar-refractivity contribution in [2.75, 3.05) is 12.8 Å². The highest BCUT2D eigenvalue weighted by Gasteiger charge is 2.11. The van der Waals surface area contributed by atoms with Crippen LogP contribution in [-0.4, -0.2) is 27.5 Å². The Morgan fingerprint density at radius 1 is 1.59 bits per heavy atom. The van der Waals surface area contributed by atoms with Crippen molar-refractivity contribution in [3.8, 4) is 0 Å². The number of nitrogens with zero attached hydrogens (tertiary/aromatic N) is 3. The molecule has 2 aromatic rings. The van der Waals surface area contributed by atoms with Crippen LogP contribution in [0, 0.1) is 6.92 Å². The van der Waals surface area contributed by atoms with Gasteiger partial charge in [0.15, 0.2) is 5.65 Å². The molecule has 6 heteroatoms. The zero-order chi connectivity index (χ0) is 12.4. The Hall–Kier alpha value is -2.11. The van der Waals surface area contributed by atoms with Gasteiger partial charge in [0.2, 0.25) is 11.9 Å². The smallest absolute Gasteiger partial charge is 0.221 e. The second-order valence-electron chi connectivity index (χ2n) is 3.84. The van der Waals surface area contributed by atoms with Gasteiger partial charge in [-0.15, -0.1) is 0 Å². The molecule has 0 fully saturated rings. The van der Waals surface area contributed by atoms with E-state index in [1.165, 1.54) is 0 Å². The number of imidazole rings is 1. The lowest BCUT2D eigenvalue weighted by Crippen LogP contribution is -2.20. The van der Waals surface area contributed by atoms with E-state index in [1.807, 2.05) is 13.0 Å². The monoisotopic (exact) mass is 233 g/mol. The molecule has 90 valence electrons. The Morgan fingerprint density at radius 2 is 2.35 bits per heavy atom. The van der Waals surface area contributed by atoms with E-state index in [0.29, 0.717) is 18.9 Å². The molecule has 0 aliphatic heterocycles. The Kier molecular flexibility index (Phi) is 2.95. The average molecular weight is 233 g/mol. The van der Waals surface area contributed by atoms with Crippen LogP contribution in [0.1, 0.15) is 12.0 Å². The highest BCUT2D eigenvalue weighted by atomic mass is 16.1. The molecule has 2 heterocycles. The molecule has 0 aliphatic carbocycles. The predicted molar refractivity (Wildman–Crippen MR) is 65.4 cm³/mol. The first-order valence-corrected chi connectivity index (χ1v) is 5.41. The van der Waals surface area contributed by atoms with Crippen LogP contribution in [0.25, 0.3) is 11.2 Å². The third-order valence-corrected chi connectivity index (χ3v) is 2.71. The summed E-state index contributed by atoms with van der Waals surface area (Å²) in [5.41, 5.74) is 8.38. The van der Waals surface area contributed by atoms with Crippen LogP contribution in [0.15, 0.2) is 12.3 Å². The number of hydrogen-bond donors (Lipinski definition) is 2. The Balaban J connectivity index is 2.37. The minimum Gasteiger partial charge on any atom is -0.369 e. The largest absolute Gasteiger partial charge is 0.369 e. The van der Waals surface area contributed by atoms with Gasteiger partial charge in [-0.25, -0.2) is 9.97 Å². The van der Waals surface area contributed by atoms with E-state index in [1.54, 1.807) is 17.8 Å². The number of nitrogen functional groups attached to an aromatic ring is 1. The number of carbonyl (C=O) groups is 1. The number of aromatic nitrogens is 3. The first kappa shape index (κ1) is 11.4. The number of pyridine rings is 1. The summed E-state index contributed by atoms with van der Waals surface area (Å²) in [6.45, 7) is 2.44. The molecule has 0 aromatic carbocycles. The molecular formula is C11H15N5O. The van der Waals surface area contributed by atoms with Crippen LogP contribution < -0.4 is 11.1 Å². The standard InChI is InChI=1S/C11H15N5O/c1-7-3-5-14-10-9(7)15-11(12)16(10)6-4-8(17)13-2/h3,5H,4,6H2,1-2H3,(H2,12,15)(H,13,17). The summed E-state index contributed by atoms with van der Waals surface area (Å²) < 4.78 is 1.76. The third-order valence-electron chi connectivity index (χ3n) is 2.71. The molecule has 0 unspecified atom stereocenters. The molecule has 0 spiro atoms. The number of hydrogen-bond acceptors (Lipinski definition) is 4. The summed E-state index contributed by atoms with van der Waals surface area (Å²) >= 11 is 0. The molecule has 0 saturated heterocycles. The summed E-state index contributed by atoms with van der Waals surface area (Å²) in [6.07, 6.45) is 2.08. The molecule has 0 atom stereocenters. The lowest BCUT2D eigenvalue weighted by molar-refractivity contribution is -0.120. The third kappa shape index (κ3) is 2.06. The van der Waals surface area contributed by atoms with Crippen LogP contribution >= 0.6 is 0 Å². The van der Waals surface area contributed by atoms with Crippen molar-refractivity contribution in [2.45, 2.75) is 19.9 Å². The molecule has 0 radical (unpaired) electrons. The molecule has 2 aromatic heterocycles.